The maximum atomic E-state index is 14.1. The van der Waals surface area contributed by atoms with Crippen molar-refractivity contribution in [3.8, 4) is 11.1 Å². The van der Waals surface area contributed by atoms with Gasteiger partial charge in [-0.1, -0.05) is 19.9 Å². The zero-order chi connectivity index (χ0) is 14.0. The van der Waals surface area contributed by atoms with Crippen LogP contribution in [-0.4, -0.2) is 6.04 Å². The van der Waals surface area contributed by atoms with E-state index in [0.29, 0.717) is 23.4 Å². The molecule has 0 bridgehead atoms. The van der Waals surface area contributed by atoms with Gasteiger partial charge in [0.2, 0.25) is 0 Å². The lowest BCUT2D eigenvalue weighted by molar-refractivity contribution is 0.465. The minimum atomic E-state index is -0.574. The summed E-state index contributed by atoms with van der Waals surface area (Å²) in [7, 11) is 0. The van der Waals surface area contributed by atoms with Gasteiger partial charge in [-0.15, -0.1) is 0 Å². The Morgan fingerprint density at radius 1 is 1.21 bits per heavy atom. The predicted molar refractivity (Wildman–Crippen MR) is 70.8 cm³/mol. The number of hydrogen-bond donors (Lipinski definition) is 1. The lowest BCUT2D eigenvalue weighted by Gasteiger charge is -2.10. The topological polar surface area (TPSA) is 25.2 Å². The summed E-state index contributed by atoms with van der Waals surface area (Å²) in [6.07, 6.45) is 1.45. The number of benzene rings is 1. The molecule has 0 unspecified atom stereocenters. The van der Waals surface area contributed by atoms with Crippen molar-refractivity contribution in [3.05, 3.63) is 47.4 Å². The number of furan rings is 1. The van der Waals surface area contributed by atoms with Crippen LogP contribution in [0.15, 0.2) is 28.9 Å². The van der Waals surface area contributed by atoms with E-state index >= 15 is 0 Å². The van der Waals surface area contributed by atoms with Crippen molar-refractivity contribution in [2.75, 3.05) is 0 Å². The molecule has 0 aliphatic rings. The molecular formula is C15H17F2NO. The third-order valence-corrected chi connectivity index (χ3v) is 2.97. The lowest BCUT2D eigenvalue weighted by atomic mass is 10.0. The van der Waals surface area contributed by atoms with Gasteiger partial charge in [-0.05, 0) is 24.6 Å². The van der Waals surface area contributed by atoms with Crippen LogP contribution in [0.2, 0.25) is 0 Å². The highest BCUT2D eigenvalue weighted by Gasteiger charge is 2.18. The van der Waals surface area contributed by atoms with Crippen LogP contribution < -0.4 is 5.32 Å². The summed E-state index contributed by atoms with van der Waals surface area (Å²) in [5.41, 5.74) is 0.863. The Morgan fingerprint density at radius 2 is 1.95 bits per heavy atom. The summed E-state index contributed by atoms with van der Waals surface area (Å²) in [6.45, 7) is 6.05. The molecule has 0 saturated heterocycles. The van der Waals surface area contributed by atoms with Crippen molar-refractivity contribution in [2.45, 2.75) is 33.4 Å². The second-order valence-electron chi connectivity index (χ2n) is 4.85. The van der Waals surface area contributed by atoms with E-state index in [9.17, 15) is 8.78 Å². The second kappa shape index (κ2) is 5.53. The summed E-state index contributed by atoms with van der Waals surface area (Å²) in [5.74, 6) is -0.570. The number of hydrogen-bond acceptors (Lipinski definition) is 2. The number of nitrogens with one attached hydrogen (secondary N) is 1. The van der Waals surface area contributed by atoms with Crippen molar-refractivity contribution < 1.29 is 13.2 Å². The average molecular weight is 265 g/mol. The van der Waals surface area contributed by atoms with Crippen LogP contribution in [0, 0.1) is 18.6 Å². The molecule has 0 radical (unpaired) electrons. The molecule has 0 aliphatic heterocycles. The fourth-order valence-electron chi connectivity index (χ4n) is 1.90. The molecule has 4 heteroatoms. The maximum absolute atomic E-state index is 14.1. The molecule has 0 aliphatic carbocycles. The van der Waals surface area contributed by atoms with Crippen LogP contribution in [0.4, 0.5) is 8.78 Å². The average Bonchev–Trinajstić information content (AvgIpc) is 2.80. The van der Waals surface area contributed by atoms with Crippen LogP contribution in [-0.2, 0) is 6.54 Å². The first-order valence-electron chi connectivity index (χ1n) is 6.25. The normalized spacial score (nSPS) is 11.3. The Kier molecular flexibility index (Phi) is 4.00. The van der Waals surface area contributed by atoms with Gasteiger partial charge in [-0.25, -0.2) is 8.78 Å². The van der Waals surface area contributed by atoms with Gasteiger partial charge >= 0.3 is 0 Å². The number of rotatable bonds is 4. The van der Waals surface area contributed by atoms with Crippen molar-refractivity contribution in [1.29, 1.82) is 0 Å². The van der Waals surface area contributed by atoms with E-state index in [1.54, 1.807) is 13.0 Å². The van der Waals surface area contributed by atoms with Gasteiger partial charge in [-0.3, -0.25) is 0 Å². The van der Waals surface area contributed by atoms with Crippen LogP contribution in [0.25, 0.3) is 11.1 Å². The minimum absolute atomic E-state index is 0.0192. The van der Waals surface area contributed by atoms with Gasteiger partial charge in [0, 0.05) is 11.6 Å². The first kappa shape index (κ1) is 13.7. The highest BCUT2D eigenvalue weighted by Crippen LogP contribution is 2.31. The fraction of sp³-hybridized carbons (Fsp3) is 0.333. The zero-order valence-corrected chi connectivity index (χ0v) is 11.3. The first-order valence-corrected chi connectivity index (χ1v) is 6.25. The van der Waals surface area contributed by atoms with Crippen molar-refractivity contribution >= 4 is 0 Å². The SMILES string of the molecule is Cc1ccc(F)c(-c2ccoc2CNC(C)C)c1F. The summed E-state index contributed by atoms with van der Waals surface area (Å²) in [4.78, 5) is 0. The third kappa shape index (κ3) is 2.84. The van der Waals surface area contributed by atoms with E-state index in [2.05, 4.69) is 5.32 Å². The monoisotopic (exact) mass is 265 g/mol. The van der Waals surface area contributed by atoms with Crippen LogP contribution >= 0.6 is 0 Å². The van der Waals surface area contributed by atoms with Gasteiger partial charge in [0.25, 0.3) is 0 Å². The summed E-state index contributed by atoms with van der Waals surface area (Å²) in [6, 6.07) is 4.57. The van der Waals surface area contributed by atoms with Gasteiger partial charge in [0.15, 0.2) is 0 Å². The van der Waals surface area contributed by atoms with E-state index in [1.807, 2.05) is 13.8 Å². The van der Waals surface area contributed by atoms with E-state index in [0.717, 1.165) is 0 Å². The Bertz CT molecular complexity index is 576. The Labute approximate surface area is 111 Å². The number of halogens is 2. The molecule has 0 amide bonds. The van der Waals surface area contributed by atoms with Crippen molar-refractivity contribution in [3.63, 3.8) is 0 Å². The molecule has 0 saturated carbocycles. The van der Waals surface area contributed by atoms with E-state index in [1.165, 1.54) is 18.4 Å². The molecule has 1 heterocycles. The van der Waals surface area contributed by atoms with E-state index < -0.39 is 11.6 Å². The number of aryl methyl sites for hydroxylation is 1. The van der Waals surface area contributed by atoms with Gasteiger partial charge in [-0.2, -0.15) is 0 Å². The summed E-state index contributed by atoms with van der Waals surface area (Å²) in [5, 5.41) is 3.17. The predicted octanol–water partition coefficient (Wildman–Crippen LogP) is 4.03. The molecule has 2 rings (SSSR count). The largest absolute Gasteiger partial charge is 0.467 e. The maximum Gasteiger partial charge on any atom is 0.137 e. The van der Waals surface area contributed by atoms with Gasteiger partial charge in [0.05, 0.1) is 18.4 Å². The molecule has 2 nitrogen and oxygen atoms in total. The molecular weight excluding hydrogens is 248 g/mol. The standard InChI is InChI=1S/C15H17F2NO/c1-9(2)18-8-13-11(6-7-19-13)14-12(16)5-4-10(3)15(14)17/h4-7,9,18H,8H2,1-3H3. The second-order valence-corrected chi connectivity index (χ2v) is 4.85. The van der Waals surface area contributed by atoms with Crippen LogP contribution in [0.5, 0.6) is 0 Å². The molecule has 0 fully saturated rings. The fourth-order valence-corrected chi connectivity index (χ4v) is 1.90. The molecule has 0 spiro atoms. The van der Waals surface area contributed by atoms with Crippen molar-refractivity contribution in [2.24, 2.45) is 0 Å². The zero-order valence-electron chi connectivity index (χ0n) is 11.3. The van der Waals surface area contributed by atoms with Crippen LogP contribution in [0.3, 0.4) is 0 Å². The Balaban J connectivity index is 2.43. The van der Waals surface area contributed by atoms with Gasteiger partial charge in [0.1, 0.15) is 17.4 Å². The van der Waals surface area contributed by atoms with Crippen LogP contribution in [0.1, 0.15) is 25.2 Å². The summed E-state index contributed by atoms with van der Waals surface area (Å²) < 4.78 is 33.3. The Hall–Kier alpha value is -1.68. The Morgan fingerprint density at radius 3 is 2.63 bits per heavy atom. The molecule has 0 atom stereocenters. The molecule has 19 heavy (non-hydrogen) atoms. The van der Waals surface area contributed by atoms with E-state index in [-0.39, 0.29) is 11.6 Å². The molecule has 1 aromatic carbocycles. The quantitative estimate of drug-likeness (QED) is 0.902. The third-order valence-electron chi connectivity index (χ3n) is 2.97. The smallest absolute Gasteiger partial charge is 0.137 e. The van der Waals surface area contributed by atoms with Gasteiger partial charge < -0.3 is 9.73 Å². The molecule has 2 aromatic rings. The molecule has 1 aromatic heterocycles. The highest BCUT2D eigenvalue weighted by molar-refractivity contribution is 5.67. The van der Waals surface area contributed by atoms with Crippen molar-refractivity contribution in [1.82, 2.24) is 5.32 Å². The molecule has 102 valence electrons. The highest BCUT2D eigenvalue weighted by atomic mass is 19.1. The van der Waals surface area contributed by atoms with E-state index in [4.69, 9.17) is 4.42 Å². The summed E-state index contributed by atoms with van der Waals surface area (Å²) >= 11 is 0. The molecule has 1 N–H and O–H groups in total. The lowest BCUT2D eigenvalue weighted by Crippen LogP contribution is -2.21. The minimum Gasteiger partial charge on any atom is -0.467 e. The first-order chi connectivity index (χ1) is 9.00.